The molecule has 0 aromatic heterocycles. The van der Waals surface area contributed by atoms with Crippen LogP contribution in [0.25, 0.3) is 0 Å². The fourth-order valence-electron chi connectivity index (χ4n) is 2.56. The average Bonchev–Trinajstić information content (AvgIpc) is 2.61. The zero-order valence-electron chi connectivity index (χ0n) is 14.3. The molecule has 0 fully saturated rings. The second-order valence-electron chi connectivity index (χ2n) is 5.12. The van der Waals surface area contributed by atoms with Crippen molar-refractivity contribution in [3.05, 3.63) is 35.0 Å². The quantitative estimate of drug-likeness (QED) is 0.570. The van der Waals surface area contributed by atoms with Gasteiger partial charge >= 0.3 is 12.0 Å². The first-order valence-electron chi connectivity index (χ1n) is 7.90. The predicted octanol–water partition coefficient (Wildman–Crippen LogP) is 2.50. The van der Waals surface area contributed by atoms with E-state index in [2.05, 4.69) is 10.6 Å². The Bertz CT molecular complexity index is 690. The van der Waals surface area contributed by atoms with Crippen LogP contribution < -0.4 is 20.1 Å². The standard InChI is InChI=1S/C17H21ClN2O5/c1-4-24-12-7-6-10(8-13(12)23-3)15-14(16(21)25-5-2)11(9-18)19-17(22)20-15/h6-8,15H,4-5,9H2,1-3H3,(H2,19,20,22)/t15-/m1/s1. The van der Waals surface area contributed by atoms with Gasteiger partial charge in [-0.1, -0.05) is 6.07 Å². The largest absolute Gasteiger partial charge is 0.493 e. The van der Waals surface area contributed by atoms with E-state index in [-0.39, 0.29) is 18.1 Å². The van der Waals surface area contributed by atoms with Gasteiger partial charge in [0.05, 0.1) is 37.8 Å². The number of rotatable bonds is 7. The van der Waals surface area contributed by atoms with Gasteiger partial charge in [0, 0.05) is 5.70 Å². The third-order valence-corrected chi connectivity index (χ3v) is 3.87. The van der Waals surface area contributed by atoms with Crippen LogP contribution in [0.2, 0.25) is 0 Å². The molecule has 0 radical (unpaired) electrons. The van der Waals surface area contributed by atoms with Crippen molar-refractivity contribution >= 4 is 23.6 Å². The molecule has 0 aliphatic carbocycles. The summed E-state index contributed by atoms with van der Waals surface area (Å²) in [5, 5.41) is 5.28. The molecule has 8 heteroatoms. The molecule has 1 aliphatic heterocycles. The lowest BCUT2D eigenvalue weighted by atomic mass is 9.95. The molecular formula is C17H21ClN2O5. The molecule has 1 atom stereocenters. The Labute approximate surface area is 151 Å². The molecule has 2 amide bonds. The first kappa shape index (κ1) is 18.9. The van der Waals surface area contributed by atoms with Crippen molar-refractivity contribution in [1.82, 2.24) is 10.6 Å². The Balaban J connectivity index is 2.49. The third-order valence-electron chi connectivity index (χ3n) is 3.60. The molecule has 1 heterocycles. The fraction of sp³-hybridized carbons (Fsp3) is 0.412. The lowest BCUT2D eigenvalue weighted by Gasteiger charge is -2.29. The van der Waals surface area contributed by atoms with Crippen LogP contribution in [0.4, 0.5) is 4.79 Å². The number of carbonyl (C=O) groups excluding carboxylic acids is 2. The van der Waals surface area contributed by atoms with Crippen LogP contribution in [0.3, 0.4) is 0 Å². The lowest BCUT2D eigenvalue weighted by molar-refractivity contribution is -0.139. The van der Waals surface area contributed by atoms with E-state index >= 15 is 0 Å². The minimum atomic E-state index is -0.703. The van der Waals surface area contributed by atoms with Gasteiger partial charge in [0.15, 0.2) is 11.5 Å². The number of carbonyl (C=O) groups is 2. The third kappa shape index (κ3) is 4.17. The molecule has 7 nitrogen and oxygen atoms in total. The Kier molecular flexibility index (Phi) is 6.52. The summed E-state index contributed by atoms with van der Waals surface area (Å²) in [7, 11) is 1.52. The zero-order chi connectivity index (χ0) is 18.4. The topological polar surface area (TPSA) is 85.9 Å². The number of benzene rings is 1. The molecular weight excluding hydrogens is 348 g/mol. The van der Waals surface area contributed by atoms with E-state index in [0.717, 1.165) is 0 Å². The second-order valence-corrected chi connectivity index (χ2v) is 5.39. The van der Waals surface area contributed by atoms with E-state index in [9.17, 15) is 9.59 Å². The molecule has 1 aliphatic rings. The fourth-order valence-corrected chi connectivity index (χ4v) is 2.77. The molecule has 0 saturated heterocycles. The molecule has 136 valence electrons. The first-order chi connectivity index (χ1) is 12.0. The van der Waals surface area contributed by atoms with Gasteiger partial charge < -0.3 is 24.8 Å². The summed E-state index contributed by atoms with van der Waals surface area (Å²) in [5.41, 5.74) is 1.24. The number of allylic oxidation sites excluding steroid dienone is 1. The average molecular weight is 369 g/mol. The lowest BCUT2D eigenvalue weighted by Crippen LogP contribution is -2.46. The summed E-state index contributed by atoms with van der Waals surface area (Å²) in [4.78, 5) is 24.3. The van der Waals surface area contributed by atoms with Crippen molar-refractivity contribution in [2.24, 2.45) is 0 Å². The molecule has 0 bridgehead atoms. The van der Waals surface area contributed by atoms with Gasteiger partial charge in [0.2, 0.25) is 0 Å². The minimum Gasteiger partial charge on any atom is -0.493 e. The van der Waals surface area contributed by atoms with Gasteiger partial charge in [-0.25, -0.2) is 9.59 Å². The summed E-state index contributed by atoms with van der Waals surface area (Å²) >= 11 is 5.91. The summed E-state index contributed by atoms with van der Waals surface area (Å²) in [5.74, 6) is 0.520. The van der Waals surface area contributed by atoms with Gasteiger partial charge in [-0.15, -0.1) is 11.6 Å². The van der Waals surface area contributed by atoms with Gasteiger partial charge in [0.25, 0.3) is 0 Å². The van der Waals surface area contributed by atoms with E-state index < -0.39 is 18.0 Å². The highest BCUT2D eigenvalue weighted by molar-refractivity contribution is 6.20. The van der Waals surface area contributed by atoms with Gasteiger partial charge in [-0.2, -0.15) is 0 Å². The predicted molar refractivity (Wildman–Crippen MR) is 93.0 cm³/mol. The van der Waals surface area contributed by atoms with E-state index in [4.69, 9.17) is 25.8 Å². The summed E-state index contributed by atoms with van der Waals surface area (Å²) in [6.07, 6.45) is 0. The number of amides is 2. The first-order valence-corrected chi connectivity index (χ1v) is 8.43. The highest BCUT2D eigenvalue weighted by atomic mass is 35.5. The monoisotopic (exact) mass is 368 g/mol. The van der Waals surface area contributed by atoms with E-state index in [0.29, 0.717) is 29.4 Å². The van der Waals surface area contributed by atoms with Gasteiger partial charge in [-0.3, -0.25) is 0 Å². The summed E-state index contributed by atoms with van der Waals surface area (Å²) in [6.45, 7) is 4.28. The highest BCUT2D eigenvalue weighted by Gasteiger charge is 2.33. The Morgan fingerprint density at radius 3 is 2.60 bits per heavy atom. The molecule has 0 unspecified atom stereocenters. The van der Waals surface area contributed by atoms with E-state index in [1.54, 1.807) is 25.1 Å². The number of ether oxygens (including phenoxy) is 3. The maximum absolute atomic E-state index is 12.4. The van der Waals surface area contributed by atoms with E-state index in [1.165, 1.54) is 7.11 Å². The number of hydrogen-bond donors (Lipinski definition) is 2. The summed E-state index contributed by atoms with van der Waals surface area (Å²) in [6, 6.07) is 4.06. The summed E-state index contributed by atoms with van der Waals surface area (Å²) < 4.78 is 16.0. The maximum atomic E-state index is 12.4. The number of urea groups is 1. The SMILES string of the molecule is CCOC(=O)C1=C(CCl)NC(=O)N[C@@H]1c1ccc(OCC)c(OC)c1. The van der Waals surface area contributed by atoms with Crippen LogP contribution in [0.1, 0.15) is 25.5 Å². The van der Waals surface area contributed by atoms with Crippen LogP contribution >= 0.6 is 11.6 Å². The van der Waals surface area contributed by atoms with Crippen LogP contribution in [0.5, 0.6) is 11.5 Å². The number of hydrogen-bond acceptors (Lipinski definition) is 5. The second kappa shape index (κ2) is 8.62. The van der Waals surface area contributed by atoms with Gasteiger partial charge in [0.1, 0.15) is 0 Å². The van der Waals surface area contributed by atoms with Crippen LogP contribution in [-0.4, -0.2) is 38.2 Å². The van der Waals surface area contributed by atoms with Crippen LogP contribution in [0, 0.1) is 0 Å². The molecule has 1 aromatic rings. The maximum Gasteiger partial charge on any atom is 0.338 e. The van der Waals surface area contributed by atoms with Gasteiger partial charge in [-0.05, 0) is 31.5 Å². The number of alkyl halides is 1. The zero-order valence-corrected chi connectivity index (χ0v) is 15.1. The molecule has 0 saturated carbocycles. The molecule has 0 spiro atoms. The minimum absolute atomic E-state index is 0.0216. The Morgan fingerprint density at radius 1 is 1.24 bits per heavy atom. The van der Waals surface area contributed by atoms with Crippen molar-refractivity contribution in [2.45, 2.75) is 19.9 Å². The molecule has 2 N–H and O–H groups in total. The molecule has 1 aromatic carbocycles. The number of halogens is 1. The number of esters is 1. The number of nitrogens with one attached hydrogen (secondary N) is 2. The van der Waals surface area contributed by atoms with Crippen molar-refractivity contribution < 1.29 is 23.8 Å². The Morgan fingerprint density at radius 2 is 2.00 bits per heavy atom. The van der Waals surface area contributed by atoms with Crippen molar-refractivity contribution in [3.8, 4) is 11.5 Å². The van der Waals surface area contributed by atoms with E-state index in [1.807, 2.05) is 6.92 Å². The van der Waals surface area contributed by atoms with Crippen molar-refractivity contribution in [1.29, 1.82) is 0 Å². The van der Waals surface area contributed by atoms with Crippen molar-refractivity contribution in [3.63, 3.8) is 0 Å². The Hall–Kier alpha value is -2.41. The molecule has 2 rings (SSSR count). The van der Waals surface area contributed by atoms with Crippen LogP contribution in [0.15, 0.2) is 29.5 Å². The van der Waals surface area contributed by atoms with Crippen LogP contribution in [-0.2, 0) is 9.53 Å². The molecule has 25 heavy (non-hydrogen) atoms. The highest BCUT2D eigenvalue weighted by Crippen LogP contribution is 2.34. The normalized spacial score (nSPS) is 16.8. The van der Waals surface area contributed by atoms with Crippen molar-refractivity contribution in [2.75, 3.05) is 26.2 Å². The smallest absolute Gasteiger partial charge is 0.338 e. The number of methoxy groups -OCH3 is 1.